The number of hydrogen-bond donors (Lipinski definition) is 1. The van der Waals surface area contributed by atoms with E-state index in [2.05, 4.69) is 0 Å². The summed E-state index contributed by atoms with van der Waals surface area (Å²) in [5.74, 6) is 0.163. The van der Waals surface area contributed by atoms with Crippen molar-refractivity contribution in [1.29, 1.82) is 0 Å². The van der Waals surface area contributed by atoms with Gasteiger partial charge in [0, 0.05) is 5.92 Å². The first-order valence-corrected chi connectivity index (χ1v) is 4.21. The molecule has 1 aromatic rings. The highest BCUT2D eigenvalue weighted by atomic mass is 19.1. The molecule has 1 N–H and O–H groups in total. The molecule has 0 saturated heterocycles. The SMILES string of the molecule is Oc1ccccc1C1CCC1F. The van der Waals surface area contributed by atoms with Crippen molar-refractivity contribution in [2.75, 3.05) is 0 Å². The van der Waals surface area contributed by atoms with E-state index in [1.165, 1.54) is 0 Å². The van der Waals surface area contributed by atoms with Gasteiger partial charge in [-0.25, -0.2) is 4.39 Å². The lowest BCUT2D eigenvalue weighted by atomic mass is 9.78. The first-order chi connectivity index (χ1) is 5.79. The van der Waals surface area contributed by atoms with Gasteiger partial charge in [-0.05, 0) is 24.5 Å². The van der Waals surface area contributed by atoms with Crippen LogP contribution in [0, 0.1) is 0 Å². The minimum Gasteiger partial charge on any atom is -0.508 e. The quantitative estimate of drug-likeness (QED) is 0.679. The fourth-order valence-corrected chi connectivity index (χ4v) is 1.61. The summed E-state index contributed by atoms with van der Waals surface area (Å²) in [5, 5.41) is 9.40. The van der Waals surface area contributed by atoms with E-state index >= 15 is 0 Å². The van der Waals surface area contributed by atoms with Gasteiger partial charge in [-0.3, -0.25) is 0 Å². The Morgan fingerprint density at radius 2 is 2.00 bits per heavy atom. The Hall–Kier alpha value is -1.05. The summed E-state index contributed by atoms with van der Waals surface area (Å²) >= 11 is 0. The van der Waals surface area contributed by atoms with Crippen molar-refractivity contribution in [2.45, 2.75) is 24.9 Å². The molecule has 2 rings (SSSR count). The predicted octanol–water partition coefficient (Wildman–Crippen LogP) is 2.61. The zero-order chi connectivity index (χ0) is 8.55. The Morgan fingerprint density at radius 3 is 2.50 bits per heavy atom. The topological polar surface area (TPSA) is 20.2 Å². The third-order valence-electron chi connectivity index (χ3n) is 2.53. The molecule has 0 spiro atoms. The number of phenolic OH excluding ortho intramolecular Hbond substituents is 1. The number of hydrogen-bond acceptors (Lipinski definition) is 1. The number of phenols is 1. The molecule has 64 valence electrons. The second-order valence-electron chi connectivity index (χ2n) is 3.26. The Labute approximate surface area is 70.8 Å². The molecule has 1 saturated carbocycles. The molecule has 0 aromatic heterocycles. The molecule has 0 radical (unpaired) electrons. The molecule has 0 amide bonds. The maximum absolute atomic E-state index is 12.9. The first-order valence-electron chi connectivity index (χ1n) is 4.21. The van der Waals surface area contributed by atoms with Gasteiger partial charge in [0.2, 0.25) is 0 Å². The van der Waals surface area contributed by atoms with Crippen LogP contribution < -0.4 is 0 Å². The van der Waals surface area contributed by atoms with E-state index in [1.807, 2.05) is 6.07 Å². The normalized spacial score (nSPS) is 28.1. The molecule has 0 heterocycles. The Morgan fingerprint density at radius 1 is 1.25 bits per heavy atom. The van der Waals surface area contributed by atoms with Crippen LogP contribution in [0.2, 0.25) is 0 Å². The summed E-state index contributed by atoms with van der Waals surface area (Å²) in [7, 11) is 0. The van der Waals surface area contributed by atoms with Gasteiger partial charge >= 0.3 is 0 Å². The Balaban J connectivity index is 2.27. The molecule has 0 bridgehead atoms. The van der Waals surface area contributed by atoms with Crippen molar-refractivity contribution < 1.29 is 9.50 Å². The molecule has 2 atom stereocenters. The average molecular weight is 166 g/mol. The summed E-state index contributed by atoms with van der Waals surface area (Å²) in [6.07, 6.45) is 0.746. The van der Waals surface area contributed by atoms with Gasteiger partial charge in [-0.1, -0.05) is 18.2 Å². The third-order valence-corrected chi connectivity index (χ3v) is 2.53. The van der Waals surface area contributed by atoms with Crippen LogP contribution in [0.5, 0.6) is 5.75 Å². The van der Waals surface area contributed by atoms with Crippen LogP contribution >= 0.6 is 0 Å². The summed E-state index contributed by atoms with van der Waals surface area (Å²) in [6.45, 7) is 0. The fourth-order valence-electron chi connectivity index (χ4n) is 1.61. The molecular weight excluding hydrogens is 155 g/mol. The molecule has 1 aromatic carbocycles. The summed E-state index contributed by atoms with van der Waals surface area (Å²) in [5.41, 5.74) is 0.760. The molecule has 0 aliphatic heterocycles. The van der Waals surface area contributed by atoms with Gasteiger partial charge in [0.05, 0.1) is 0 Å². The number of rotatable bonds is 1. The zero-order valence-corrected chi connectivity index (χ0v) is 6.70. The molecule has 1 nitrogen and oxygen atoms in total. The highest BCUT2D eigenvalue weighted by Crippen LogP contribution is 2.42. The van der Waals surface area contributed by atoms with Crippen LogP contribution in [0.1, 0.15) is 24.3 Å². The number of halogens is 1. The molecule has 2 heteroatoms. The van der Waals surface area contributed by atoms with E-state index in [0.717, 1.165) is 12.0 Å². The van der Waals surface area contributed by atoms with Gasteiger partial charge < -0.3 is 5.11 Å². The Kier molecular flexibility index (Phi) is 1.75. The first kappa shape index (κ1) is 7.59. The number of benzene rings is 1. The number of para-hydroxylation sites is 1. The van der Waals surface area contributed by atoms with E-state index in [0.29, 0.717) is 6.42 Å². The predicted molar refractivity (Wildman–Crippen MR) is 45.0 cm³/mol. The van der Waals surface area contributed by atoms with E-state index in [4.69, 9.17) is 0 Å². The maximum atomic E-state index is 12.9. The molecule has 1 aliphatic carbocycles. The van der Waals surface area contributed by atoms with Crippen LogP contribution in [-0.2, 0) is 0 Å². The molecule has 12 heavy (non-hydrogen) atoms. The third kappa shape index (κ3) is 1.07. The van der Waals surface area contributed by atoms with E-state index < -0.39 is 6.17 Å². The summed E-state index contributed by atoms with van der Waals surface area (Å²) in [6, 6.07) is 7.00. The summed E-state index contributed by atoms with van der Waals surface area (Å²) < 4.78 is 12.9. The van der Waals surface area contributed by atoms with Crippen LogP contribution in [-0.4, -0.2) is 11.3 Å². The second-order valence-corrected chi connectivity index (χ2v) is 3.26. The van der Waals surface area contributed by atoms with E-state index in [9.17, 15) is 9.50 Å². The van der Waals surface area contributed by atoms with Gasteiger partial charge in [-0.15, -0.1) is 0 Å². The van der Waals surface area contributed by atoms with E-state index in [-0.39, 0.29) is 11.7 Å². The van der Waals surface area contributed by atoms with Crippen LogP contribution in [0.25, 0.3) is 0 Å². The lowest BCUT2D eigenvalue weighted by molar-refractivity contribution is 0.167. The zero-order valence-electron chi connectivity index (χ0n) is 6.70. The largest absolute Gasteiger partial charge is 0.508 e. The summed E-state index contributed by atoms with van der Waals surface area (Å²) in [4.78, 5) is 0. The smallest absolute Gasteiger partial charge is 0.119 e. The van der Waals surface area contributed by atoms with Crippen LogP contribution in [0.4, 0.5) is 4.39 Å². The number of aromatic hydroxyl groups is 1. The van der Waals surface area contributed by atoms with Crippen molar-refractivity contribution in [3.05, 3.63) is 29.8 Å². The highest BCUT2D eigenvalue weighted by Gasteiger charge is 2.33. The monoisotopic (exact) mass is 166 g/mol. The van der Waals surface area contributed by atoms with Gasteiger partial charge in [0.25, 0.3) is 0 Å². The van der Waals surface area contributed by atoms with Crippen LogP contribution in [0.3, 0.4) is 0 Å². The van der Waals surface area contributed by atoms with Crippen molar-refractivity contribution in [2.24, 2.45) is 0 Å². The lowest BCUT2D eigenvalue weighted by Crippen LogP contribution is -2.24. The highest BCUT2D eigenvalue weighted by molar-refractivity contribution is 5.36. The minimum absolute atomic E-state index is 0.0637. The fraction of sp³-hybridized carbons (Fsp3) is 0.400. The van der Waals surface area contributed by atoms with E-state index in [1.54, 1.807) is 18.2 Å². The molecule has 1 aliphatic rings. The Bertz CT molecular complexity index is 285. The molecular formula is C10H11FO. The van der Waals surface area contributed by atoms with Gasteiger partial charge in [0.15, 0.2) is 0 Å². The average Bonchev–Trinajstić information content (AvgIpc) is 2.06. The minimum atomic E-state index is -0.752. The maximum Gasteiger partial charge on any atom is 0.119 e. The lowest BCUT2D eigenvalue weighted by Gasteiger charge is -2.30. The number of alkyl halides is 1. The second kappa shape index (κ2) is 2.77. The van der Waals surface area contributed by atoms with Crippen LogP contribution in [0.15, 0.2) is 24.3 Å². The van der Waals surface area contributed by atoms with Crippen molar-refractivity contribution in [3.8, 4) is 5.75 Å². The van der Waals surface area contributed by atoms with Crippen molar-refractivity contribution in [1.82, 2.24) is 0 Å². The molecule has 2 unspecified atom stereocenters. The molecule has 1 fully saturated rings. The van der Waals surface area contributed by atoms with Gasteiger partial charge in [-0.2, -0.15) is 0 Å². The standard InChI is InChI=1S/C10H11FO/c11-9-6-5-7(9)8-3-1-2-4-10(8)12/h1-4,7,9,12H,5-6H2. The van der Waals surface area contributed by atoms with Crippen molar-refractivity contribution >= 4 is 0 Å². The van der Waals surface area contributed by atoms with Gasteiger partial charge in [0.1, 0.15) is 11.9 Å². The van der Waals surface area contributed by atoms with Crippen molar-refractivity contribution in [3.63, 3.8) is 0 Å².